The lowest BCUT2D eigenvalue weighted by Gasteiger charge is -2.10. The molecule has 0 bridgehead atoms. The van der Waals surface area contributed by atoms with Crippen LogP contribution >= 0.6 is 0 Å². The summed E-state index contributed by atoms with van der Waals surface area (Å²) in [5, 5.41) is 13.2. The van der Waals surface area contributed by atoms with Crippen molar-refractivity contribution < 1.29 is 13.9 Å². The first-order chi connectivity index (χ1) is 15.7. The molecule has 0 aliphatic heterocycles. The van der Waals surface area contributed by atoms with Crippen molar-refractivity contribution in [1.82, 2.24) is 9.88 Å². The Balaban J connectivity index is 1.52. The largest absolute Gasteiger partial charge is 0.491 e. The van der Waals surface area contributed by atoms with Crippen molar-refractivity contribution in [3.63, 3.8) is 0 Å². The number of aromatic nitrogens is 1. The Labute approximate surface area is 186 Å². The molecule has 2 heterocycles. The summed E-state index contributed by atoms with van der Waals surface area (Å²) in [6.07, 6.45) is 5.11. The van der Waals surface area contributed by atoms with Gasteiger partial charge in [-0.3, -0.25) is 4.79 Å². The van der Waals surface area contributed by atoms with Gasteiger partial charge in [0.25, 0.3) is 5.91 Å². The highest BCUT2D eigenvalue weighted by molar-refractivity contribution is 6.04. The van der Waals surface area contributed by atoms with E-state index < -0.39 is 5.91 Å². The zero-order valence-electron chi connectivity index (χ0n) is 17.7. The molecule has 32 heavy (non-hydrogen) atoms. The number of nitrogens with zero attached hydrogens (tertiary/aromatic N) is 2. The van der Waals surface area contributed by atoms with Crippen LogP contribution in [0.15, 0.2) is 83.1 Å². The van der Waals surface area contributed by atoms with Gasteiger partial charge in [-0.05, 0) is 42.8 Å². The summed E-state index contributed by atoms with van der Waals surface area (Å²) >= 11 is 0. The number of rotatable bonds is 8. The molecule has 0 spiro atoms. The molecule has 1 N–H and O–H groups in total. The monoisotopic (exact) mass is 425 g/mol. The van der Waals surface area contributed by atoms with E-state index in [2.05, 4.69) is 9.88 Å². The number of furan rings is 1. The van der Waals surface area contributed by atoms with E-state index in [0.29, 0.717) is 18.9 Å². The van der Waals surface area contributed by atoms with E-state index in [0.717, 1.165) is 27.8 Å². The Kier molecular flexibility index (Phi) is 6.38. The van der Waals surface area contributed by atoms with E-state index >= 15 is 0 Å². The van der Waals surface area contributed by atoms with Crippen molar-refractivity contribution >= 4 is 22.9 Å². The first kappa shape index (κ1) is 21.0. The number of amides is 1. The van der Waals surface area contributed by atoms with Crippen LogP contribution < -0.4 is 10.1 Å². The van der Waals surface area contributed by atoms with Crippen LogP contribution in [0, 0.1) is 18.3 Å². The van der Waals surface area contributed by atoms with Gasteiger partial charge in [0, 0.05) is 22.7 Å². The fourth-order valence-corrected chi connectivity index (χ4v) is 3.53. The SMILES string of the molecule is Cc1ccccc1OCCn1cc(/C=C(\C#N)C(=O)NCc2ccco2)c2ccccc21. The van der Waals surface area contributed by atoms with Gasteiger partial charge in [-0.1, -0.05) is 36.4 Å². The number of carbonyl (C=O) groups excluding carboxylic acids is 1. The third kappa shape index (κ3) is 4.73. The molecule has 0 saturated carbocycles. The lowest BCUT2D eigenvalue weighted by molar-refractivity contribution is -0.117. The van der Waals surface area contributed by atoms with Crippen LogP contribution in [0.4, 0.5) is 0 Å². The van der Waals surface area contributed by atoms with Crippen LogP contribution in [0.25, 0.3) is 17.0 Å². The third-order valence-electron chi connectivity index (χ3n) is 5.17. The van der Waals surface area contributed by atoms with Gasteiger partial charge in [0.15, 0.2) is 0 Å². The van der Waals surface area contributed by atoms with Crippen LogP contribution in [0.3, 0.4) is 0 Å². The van der Waals surface area contributed by atoms with Gasteiger partial charge in [0.2, 0.25) is 0 Å². The first-order valence-corrected chi connectivity index (χ1v) is 10.3. The lowest BCUT2D eigenvalue weighted by Crippen LogP contribution is -2.23. The fraction of sp³-hybridized carbons (Fsp3) is 0.154. The number of aryl methyl sites for hydroxylation is 1. The number of benzene rings is 2. The molecule has 0 saturated heterocycles. The molecule has 6 nitrogen and oxygen atoms in total. The quantitative estimate of drug-likeness (QED) is 0.323. The first-order valence-electron chi connectivity index (χ1n) is 10.3. The molecule has 0 aliphatic rings. The predicted molar refractivity (Wildman–Crippen MR) is 123 cm³/mol. The Morgan fingerprint density at radius 2 is 1.97 bits per heavy atom. The summed E-state index contributed by atoms with van der Waals surface area (Å²) in [6.45, 7) is 3.38. The zero-order chi connectivity index (χ0) is 22.3. The van der Waals surface area contributed by atoms with E-state index in [-0.39, 0.29) is 12.1 Å². The number of para-hydroxylation sites is 2. The van der Waals surface area contributed by atoms with E-state index in [9.17, 15) is 10.1 Å². The highest BCUT2D eigenvalue weighted by atomic mass is 16.5. The van der Waals surface area contributed by atoms with Gasteiger partial charge in [0.05, 0.1) is 19.4 Å². The number of ether oxygens (including phenoxy) is 1. The van der Waals surface area contributed by atoms with Gasteiger partial charge < -0.3 is 19.0 Å². The number of hydrogen-bond donors (Lipinski definition) is 1. The molecule has 2 aromatic heterocycles. The second kappa shape index (κ2) is 9.71. The summed E-state index contributed by atoms with van der Waals surface area (Å²) in [5.41, 5.74) is 2.95. The van der Waals surface area contributed by atoms with Gasteiger partial charge in [-0.2, -0.15) is 5.26 Å². The average Bonchev–Trinajstić information content (AvgIpc) is 3.45. The molecule has 2 aromatic carbocycles. The molecule has 160 valence electrons. The standard InChI is InChI=1S/C26H23N3O3/c1-19-7-2-5-11-25(19)32-14-12-29-18-21(23-9-3-4-10-24(23)29)15-20(16-27)26(30)28-17-22-8-6-13-31-22/h2-11,13,15,18H,12,14,17H2,1H3,(H,28,30)/b20-15+. The molecule has 0 fully saturated rings. The highest BCUT2D eigenvalue weighted by Gasteiger charge is 2.13. The van der Waals surface area contributed by atoms with Crippen molar-refractivity contribution in [3.8, 4) is 11.8 Å². The van der Waals surface area contributed by atoms with Gasteiger partial charge >= 0.3 is 0 Å². The van der Waals surface area contributed by atoms with Crippen molar-refractivity contribution in [1.29, 1.82) is 5.26 Å². The van der Waals surface area contributed by atoms with E-state index in [1.807, 2.05) is 67.7 Å². The maximum absolute atomic E-state index is 12.5. The summed E-state index contributed by atoms with van der Waals surface area (Å²) in [4.78, 5) is 12.5. The maximum Gasteiger partial charge on any atom is 0.262 e. The average molecular weight is 425 g/mol. The second-order valence-electron chi connectivity index (χ2n) is 7.34. The summed E-state index contributed by atoms with van der Waals surface area (Å²) < 4.78 is 13.2. The van der Waals surface area contributed by atoms with Gasteiger partial charge in [0.1, 0.15) is 29.8 Å². The van der Waals surface area contributed by atoms with Crippen LogP contribution in [0.5, 0.6) is 5.75 Å². The minimum absolute atomic E-state index is 0.0376. The molecule has 0 aliphatic carbocycles. The molecule has 4 aromatic rings. The molecular weight excluding hydrogens is 402 g/mol. The predicted octanol–water partition coefficient (Wildman–Crippen LogP) is 4.85. The number of fused-ring (bicyclic) bond motifs is 1. The zero-order valence-corrected chi connectivity index (χ0v) is 17.7. The Bertz CT molecular complexity index is 1290. The van der Waals surface area contributed by atoms with Crippen LogP contribution in [0.1, 0.15) is 16.9 Å². The molecule has 6 heteroatoms. The normalized spacial score (nSPS) is 11.3. The number of nitrogens with one attached hydrogen (secondary N) is 1. The summed E-state index contributed by atoms with van der Waals surface area (Å²) in [7, 11) is 0. The molecule has 4 rings (SSSR count). The van der Waals surface area contributed by atoms with Gasteiger partial charge in [-0.15, -0.1) is 0 Å². The van der Waals surface area contributed by atoms with Crippen LogP contribution in [-0.4, -0.2) is 17.1 Å². The van der Waals surface area contributed by atoms with Gasteiger partial charge in [-0.25, -0.2) is 0 Å². The van der Waals surface area contributed by atoms with Crippen molar-refractivity contribution in [2.75, 3.05) is 6.61 Å². The Hall–Kier alpha value is -4.24. The smallest absolute Gasteiger partial charge is 0.262 e. The van der Waals surface area contributed by atoms with Crippen molar-refractivity contribution in [3.05, 3.63) is 95.6 Å². The van der Waals surface area contributed by atoms with Crippen LogP contribution in [0.2, 0.25) is 0 Å². The number of nitriles is 1. The summed E-state index contributed by atoms with van der Waals surface area (Å²) in [6, 6.07) is 21.3. The minimum atomic E-state index is -0.441. The highest BCUT2D eigenvalue weighted by Crippen LogP contribution is 2.24. The van der Waals surface area contributed by atoms with E-state index in [1.165, 1.54) is 0 Å². The number of hydrogen-bond acceptors (Lipinski definition) is 4. The molecule has 0 radical (unpaired) electrons. The molecule has 1 amide bonds. The molecule has 0 unspecified atom stereocenters. The van der Waals surface area contributed by atoms with Crippen molar-refractivity contribution in [2.24, 2.45) is 0 Å². The molecular formula is C26H23N3O3. The Morgan fingerprint density at radius 1 is 1.16 bits per heavy atom. The van der Waals surface area contributed by atoms with Crippen LogP contribution in [-0.2, 0) is 17.9 Å². The molecule has 0 atom stereocenters. The lowest BCUT2D eigenvalue weighted by atomic mass is 10.1. The number of carbonyl (C=O) groups is 1. The minimum Gasteiger partial charge on any atom is -0.491 e. The third-order valence-corrected chi connectivity index (χ3v) is 5.17. The van der Waals surface area contributed by atoms with E-state index in [1.54, 1.807) is 24.5 Å². The topological polar surface area (TPSA) is 80.2 Å². The fourth-order valence-electron chi connectivity index (χ4n) is 3.53. The second-order valence-corrected chi connectivity index (χ2v) is 7.34. The van der Waals surface area contributed by atoms with Crippen molar-refractivity contribution in [2.45, 2.75) is 20.0 Å². The summed E-state index contributed by atoms with van der Waals surface area (Å²) in [5.74, 6) is 1.05. The maximum atomic E-state index is 12.5. The Morgan fingerprint density at radius 3 is 2.75 bits per heavy atom. The van der Waals surface area contributed by atoms with E-state index in [4.69, 9.17) is 9.15 Å².